The summed E-state index contributed by atoms with van der Waals surface area (Å²) in [6.45, 7) is 0.883. The van der Waals surface area contributed by atoms with Crippen LogP contribution in [-0.2, 0) is 6.18 Å². The Bertz CT molecular complexity index is 982. The molecule has 0 radical (unpaired) electrons. The fourth-order valence-electron chi connectivity index (χ4n) is 3.23. The van der Waals surface area contributed by atoms with Gasteiger partial charge in [0, 0.05) is 43.1 Å². The maximum Gasteiger partial charge on any atom is 0.418 e. The minimum Gasteiger partial charge on any atom is -0.370 e. The monoisotopic (exact) mass is 434 g/mol. The summed E-state index contributed by atoms with van der Waals surface area (Å²) in [7, 11) is 0. The standard InChI is InChI=1S/C20H21F3N6O2/c21-20(22,23)15-12-13(17(30)27-18(24)25)6-7-16(15)28-8-10-29(11-9-28)19(31)26-14-4-2-1-3-5-14/h1-7,12H,8-11H2,(H,26,31)(H4,24,25,27,30). The summed E-state index contributed by atoms with van der Waals surface area (Å²) in [6, 6.07) is 11.8. The molecule has 0 atom stereocenters. The van der Waals surface area contributed by atoms with Gasteiger partial charge < -0.3 is 26.6 Å². The fraction of sp³-hybridized carbons (Fsp3) is 0.250. The number of nitrogens with two attached hydrogens (primary N) is 2. The molecule has 0 saturated carbocycles. The van der Waals surface area contributed by atoms with Gasteiger partial charge in [-0.25, -0.2) is 4.79 Å². The van der Waals surface area contributed by atoms with E-state index in [4.69, 9.17) is 11.5 Å². The first kappa shape index (κ1) is 21.9. The Balaban J connectivity index is 1.74. The van der Waals surface area contributed by atoms with Gasteiger partial charge in [-0.2, -0.15) is 18.2 Å². The van der Waals surface area contributed by atoms with Crippen molar-refractivity contribution in [3.8, 4) is 0 Å². The van der Waals surface area contributed by atoms with Crippen LogP contribution < -0.4 is 21.7 Å². The third-order valence-electron chi connectivity index (χ3n) is 4.71. The van der Waals surface area contributed by atoms with E-state index in [1.807, 2.05) is 6.07 Å². The molecule has 8 nitrogen and oxygen atoms in total. The summed E-state index contributed by atoms with van der Waals surface area (Å²) >= 11 is 0. The van der Waals surface area contributed by atoms with Gasteiger partial charge in [-0.1, -0.05) is 18.2 Å². The number of aliphatic imine (C=N–C) groups is 1. The number of anilines is 2. The number of benzene rings is 2. The molecule has 31 heavy (non-hydrogen) atoms. The van der Waals surface area contributed by atoms with E-state index in [1.54, 1.807) is 24.3 Å². The van der Waals surface area contributed by atoms with Crippen LogP contribution in [-0.4, -0.2) is 49.0 Å². The van der Waals surface area contributed by atoms with Gasteiger partial charge in [-0.05, 0) is 30.3 Å². The van der Waals surface area contributed by atoms with Crippen molar-refractivity contribution >= 4 is 29.3 Å². The van der Waals surface area contributed by atoms with Gasteiger partial charge in [-0.3, -0.25) is 4.79 Å². The molecule has 0 aromatic heterocycles. The number of guanidine groups is 1. The molecule has 3 rings (SSSR count). The Morgan fingerprint density at radius 3 is 2.19 bits per heavy atom. The first-order chi connectivity index (χ1) is 14.6. The van der Waals surface area contributed by atoms with Gasteiger partial charge in [0.05, 0.1) is 5.56 Å². The van der Waals surface area contributed by atoms with Gasteiger partial charge in [0.1, 0.15) is 0 Å². The number of nitrogens with one attached hydrogen (secondary N) is 1. The number of amides is 3. The molecule has 3 amide bonds. The number of hydrogen-bond acceptors (Lipinski definition) is 3. The van der Waals surface area contributed by atoms with Crippen molar-refractivity contribution in [2.75, 3.05) is 36.4 Å². The average molecular weight is 434 g/mol. The number of nitrogens with zero attached hydrogens (tertiary/aromatic N) is 3. The van der Waals surface area contributed by atoms with E-state index in [2.05, 4.69) is 10.3 Å². The van der Waals surface area contributed by atoms with Gasteiger partial charge in [0.15, 0.2) is 5.96 Å². The number of alkyl halides is 3. The van der Waals surface area contributed by atoms with Crippen molar-refractivity contribution in [1.82, 2.24) is 4.90 Å². The second-order valence-corrected chi connectivity index (χ2v) is 6.84. The zero-order valence-corrected chi connectivity index (χ0v) is 16.4. The van der Waals surface area contributed by atoms with Crippen LogP contribution in [0.1, 0.15) is 15.9 Å². The summed E-state index contributed by atoms with van der Waals surface area (Å²) in [4.78, 5) is 30.6. The van der Waals surface area contributed by atoms with Crippen molar-refractivity contribution in [1.29, 1.82) is 0 Å². The summed E-state index contributed by atoms with van der Waals surface area (Å²) in [6.07, 6.45) is -4.69. The molecule has 1 saturated heterocycles. The van der Waals surface area contributed by atoms with Crippen molar-refractivity contribution in [2.24, 2.45) is 16.5 Å². The average Bonchev–Trinajstić information content (AvgIpc) is 2.73. The summed E-state index contributed by atoms with van der Waals surface area (Å²) in [5.41, 5.74) is 9.58. The van der Waals surface area contributed by atoms with Crippen molar-refractivity contribution in [3.63, 3.8) is 0 Å². The molecule has 2 aromatic rings. The molecule has 1 heterocycles. The highest BCUT2D eigenvalue weighted by molar-refractivity contribution is 6.02. The molecule has 2 aromatic carbocycles. The lowest BCUT2D eigenvalue weighted by molar-refractivity contribution is -0.137. The maximum atomic E-state index is 13.7. The molecule has 0 bridgehead atoms. The topological polar surface area (TPSA) is 117 Å². The maximum absolute atomic E-state index is 13.7. The fourth-order valence-corrected chi connectivity index (χ4v) is 3.23. The van der Waals surface area contributed by atoms with E-state index in [1.165, 1.54) is 21.9 Å². The highest BCUT2D eigenvalue weighted by Gasteiger charge is 2.36. The molecule has 1 aliphatic heterocycles. The van der Waals surface area contributed by atoms with E-state index < -0.39 is 23.6 Å². The molecule has 11 heteroatoms. The molecular formula is C20H21F3N6O2. The van der Waals surface area contributed by atoms with E-state index >= 15 is 0 Å². The predicted octanol–water partition coefficient (Wildman–Crippen LogP) is 2.47. The number of piperazine rings is 1. The van der Waals surface area contributed by atoms with Crippen molar-refractivity contribution in [2.45, 2.75) is 6.18 Å². The van der Waals surface area contributed by atoms with Gasteiger partial charge in [-0.15, -0.1) is 0 Å². The highest BCUT2D eigenvalue weighted by Crippen LogP contribution is 2.37. The third-order valence-corrected chi connectivity index (χ3v) is 4.71. The number of halogens is 3. The molecule has 1 aliphatic rings. The molecule has 164 valence electrons. The van der Waals surface area contributed by atoms with E-state index in [9.17, 15) is 22.8 Å². The summed E-state index contributed by atoms with van der Waals surface area (Å²) in [5.74, 6) is -1.49. The number of urea groups is 1. The van der Waals surface area contributed by atoms with Crippen LogP contribution in [0.5, 0.6) is 0 Å². The Labute approximate surface area is 176 Å². The van der Waals surface area contributed by atoms with E-state index in [0.717, 1.165) is 6.07 Å². The largest absolute Gasteiger partial charge is 0.418 e. The van der Waals surface area contributed by atoms with Crippen LogP contribution >= 0.6 is 0 Å². The Morgan fingerprint density at radius 1 is 0.968 bits per heavy atom. The smallest absolute Gasteiger partial charge is 0.370 e. The van der Waals surface area contributed by atoms with Gasteiger partial charge in [0.25, 0.3) is 5.91 Å². The molecule has 1 fully saturated rings. The Hall–Kier alpha value is -3.76. The van der Waals surface area contributed by atoms with E-state index in [-0.39, 0.29) is 43.5 Å². The number of rotatable bonds is 3. The number of carbonyl (C=O) groups excluding carboxylic acids is 2. The van der Waals surface area contributed by atoms with Crippen LogP contribution in [0.3, 0.4) is 0 Å². The lowest BCUT2D eigenvalue weighted by atomic mass is 10.1. The van der Waals surface area contributed by atoms with Crippen LogP contribution in [0, 0.1) is 0 Å². The number of hydrogen-bond donors (Lipinski definition) is 3. The Morgan fingerprint density at radius 2 is 1.61 bits per heavy atom. The summed E-state index contributed by atoms with van der Waals surface area (Å²) in [5, 5.41) is 2.76. The lowest BCUT2D eigenvalue weighted by Gasteiger charge is -2.37. The first-order valence-electron chi connectivity index (χ1n) is 9.36. The third kappa shape index (κ3) is 5.44. The zero-order chi connectivity index (χ0) is 22.6. The van der Waals surface area contributed by atoms with Crippen LogP contribution in [0.4, 0.5) is 29.3 Å². The van der Waals surface area contributed by atoms with Crippen LogP contribution in [0.25, 0.3) is 0 Å². The zero-order valence-electron chi connectivity index (χ0n) is 16.4. The minimum atomic E-state index is -4.69. The quantitative estimate of drug-likeness (QED) is 0.507. The molecular weight excluding hydrogens is 413 g/mol. The lowest BCUT2D eigenvalue weighted by Crippen LogP contribution is -2.50. The van der Waals surface area contributed by atoms with Gasteiger partial charge >= 0.3 is 12.2 Å². The summed E-state index contributed by atoms with van der Waals surface area (Å²) < 4.78 is 41.0. The van der Waals surface area contributed by atoms with Crippen molar-refractivity contribution in [3.05, 3.63) is 59.7 Å². The molecule has 0 spiro atoms. The SMILES string of the molecule is NC(N)=NC(=O)c1ccc(N2CCN(C(=O)Nc3ccccc3)CC2)c(C(F)(F)F)c1. The van der Waals surface area contributed by atoms with Crippen molar-refractivity contribution < 1.29 is 22.8 Å². The number of para-hydroxylation sites is 1. The predicted molar refractivity (Wildman–Crippen MR) is 111 cm³/mol. The molecule has 0 unspecified atom stereocenters. The minimum absolute atomic E-state index is 0.0723. The van der Waals surface area contributed by atoms with Crippen LogP contribution in [0.2, 0.25) is 0 Å². The second-order valence-electron chi connectivity index (χ2n) is 6.84. The van der Waals surface area contributed by atoms with Gasteiger partial charge in [0.2, 0.25) is 0 Å². The van der Waals surface area contributed by atoms with Crippen LogP contribution in [0.15, 0.2) is 53.5 Å². The number of carbonyl (C=O) groups is 2. The normalized spacial score (nSPS) is 14.2. The second kappa shape index (κ2) is 8.94. The Kier molecular flexibility index (Phi) is 6.33. The van der Waals surface area contributed by atoms with E-state index in [0.29, 0.717) is 5.69 Å². The molecule has 5 N–H and O–H groups in total. The highest BCUT2D eigenvalue weighted by atomic mass is 19.4. The first-order valence-corrected chi connectivity index (χ1v) is 9.36. The molecule has 0 aliphatic carbocycles.